The summed E-state index contributed by atoms with van der Waals surface area (Å²) in [4.78, 5) is 1.98. The lowest BCUT2D eigenvalue weighted by atomic mass is 10.1. The molecule has 3 N–H and O–H groups in total. The van der Waals surface area contributed by atoms with Gasteiger partial charge in [0.05, 0.1) is 5.02 Å². The van der Waals surface area contributed by atoms with E-state index in [-0.39, 0.29) is 10.9 Å². The highest BCUT2D eigenvalue weighted by molar-refractivity contribution is 6.30. The molecule has 3 nitrogen and oxygen atoms in total. The summed E-state index contributed by atoms with van der Waals surface area (Å²) in [7, 11) is 1.91. The number of benzene rings is 2. The van der Waals surface area contributed by atoms with E-state index in [0.29, 0.717) is 12.1 Å². The number of halogens is 2. The van der Waals surface area contributed by atoms with Crippen LogP contribution in [0.3, 0.4) is 0 Å². The van der Waals surface area contributed by atoms with Gasteiger partial charge in [0.2, 0.25) is 0 Å². The molecule has 2 rings (SSSR count). The van der Waals surface area contributed by atoms with Crippen molar-refractivity contribution in [3.05, 3.63) is 64.4 Å². The van der Waals surface area contributed by atoms with Crippen LogP contribution in [-0.4, -0.2) is 12.9 Å². The molecule has 0 atom stereocenters. The van der Waals surface area contributed by atoms with Gasteiger partial charge < -0.3 is 10.6 Å². The van der Waals surface area contributed by atoms with E-state index in [1.165, 1.54) is 6.07 Å². The largest absolute Gasteiger partial charge is 0.384 e. The fourth-order valence-electron chi connectivity index (χ4n) is 1.90. The van der Waals surface area contributed by atoms with Gasteiger partial charge in [-0.25, -0.2) is 4.39 Å². The molecule has 0 unspecified atom stereocenters. The first kappa shape index (κ1) is 14.3. The maximum absolute atomic E-state index is 13.4. The number of hydrogen-bond acceptors (Lipinski definition) is 2. The Bertz CT molecular complexity index is 626. The Kier molecular flexibility index (Phi) is 4.25. The zero-order valence-corrected chi connectivity index (χ0v) is 11.8. The number of nitrogen functional groups attached to an aromatic ring is 1. The third kappa shape index (κ3) is 3.27. The Balaban J connectivity index is 2.12. The van der Waals surface area contributed by atoms with E-state index in [0.717, 1.165) is 11.3 Å². The van der Waals surface area contributed by atoms with Crippen LogP contribution in [0.1, 0.15) is 11.1 Å². The van der Waals surface area contributed by atoms with E-state index in [1.54, 1.807) is 24.3 Å². The molecule has 0 aliphatic carbocycles. The second-order valence-corrected chi connectivity index (χ2v) is 4.97. The number of nitrogens with zero attached hydrogens (tertiary/aromatic N) is 1. The summed E-state index contributed by atoms with van der Waals surface area (Å²) in [5, 5.41) is 7.47. The average molecular weight is 292 g/mol. The summed E-state index contributed by atoms with van der Waals surface area (Å²) in [6.07, 6.45) is 0. The number of anilines is 1. The third-order valence-corrected chi connectivity index (χ3v) is 3.33. The molecular weight excluding hydrogens is 277 g/mol. The predicted octanol–water partition coefficient (Wildman–Crippen LogP) is 3.40. The quantitative estimate of drug-likeness (QED) is 0.670. The number of rotatable bonds is 4. The van der Waals surface area contributed by atoms with Gasteiger partial charge >= 0.3 is 0 Å². The maximum atomic E-state index is 13.4. The van der Waals surface area contributed by atoms with Crippen molar-refractivity contribution in [2.24, 2.45) is 5.73 Å². The van der Waals surface area contributed by atoms with Crippen LogP contribution in [0.5, 0.6) is 0 Å². The highest BCUT2D eigenvalue weighted by Crippen LogP contribution is 2.19. The van der Waals surface area contributed by atoms with E-state index < -0.39 is 5.82 Å². The van der Waals surface area contributed by atoms with Gasteiger partial charge in [-0.15, -0.1) is 0 Å². The Morgan fingerprint density at radius 3 is 2.45 bits per heavy atom. The number of nitrogens with two attached hydrogens (primary N) is 1. The fraction of sp³-hybridized carbons (Fsp3) is 0.133. The van der Waals surface area contributed by atoms with Crippen LogP contribution in [0.25, 0.3) is 0 Å². The predicted molar refractivity (Wildman–Crippen MR) is 81.0 cm³/mol. The molecule has 2 aromatic carbocycles. The first-order valence-electron chi connectivity index (χ1n) is 6.07. The molecule has 104 valence electrons. The van der Waals surface area contributed by atoms with Gasteiger partial charge in [-0.2, -0.15) is 0 Å². The summed E-state index contributed by atoms with van der Waals surface area (Å²) in [6, 6.07) is 12.1. The van der Waals surface area contributed by atoms with Crippen molar-refractivity contribution in [2.75, 3.05) is 11.9 Å². The molecule has 5 heteroatoms. The van der Waals surface area contributed by atoms with Crippen molar-refractivity contribution in [3.63, 3.8) is 0 Å². The zero-order valence-electron chi connectivity index (χ0n) is 11.0. The lowest BCUT2D eigenvalue weighted by Crippen LogP contribution is -2.17. The van der Waals surface area contributed by atoms with E-state index >= 15 is 0 Å². The van der Waals surface area contributed by atoms with Gasteiger partial charge in [-0.3, -0.25) is 5.41 Å². The molecule has 0 bridgehead atoms. The van der Waals surface area contributed by atoms with Crippen LogP contribution in [0, 0.1) is 11.2 Å². The zero-order chi connectivity index (χ0) is 14.7. The second kappa shape index (κ2) is 5.92. The minimum Gasteiger partial charge on any atom is -0.384 e. The van der Waals surface area contributed by atoms with E-state index in [4.69, 9.17) is 22.7 Å². The summed E-state index contributed by atoms with van der Waals surface area (Å²) in [5.74, 6) is -0.372. The van der Waals surface area contributed by atoms with Crippen LogP contribution in [0.15, 0.2) is 42.5 Å². The van der Waals surface area contributed by atoms with Gasteiger partial charge in [-0.05, 0) is 42.0 Å². The smallest absolute Gasteiger partial charge is 0.142 e. The monoisotopic (exact) mass is 291 g/mol. The van der Waals surface area contributed by atoms with E-state index in [2.05, 4.69) is 0 Å². The summed E-state index contributed by atoms with van der Waals surface area (Å²) in [5.41, 5.74) is 7.89. The van der Waals surface area contributed by atoms with Crippen molar-refractivity contribution in [1.29, 1.82) is 5.41 Å². The molecule has 0 aliphatic rings. The molecule has 0 fully saturated rings. The Labute approximate surface area is 122 Å². The van der Waals surface area contributed by atoms with Crippen molar-refractivity contribution < 1.29 is 4.39 Å². The van der Waals surface area contributed by atoms with Crippen LogP contribution in [0.4, 0.5) is 10.1 Å². The molecule has 2 aromatic rings. The molecule has 0 radical (unpaired) electrons. The van der Waals surface area contributed by atoms with Gasteiger partial charge in [0.15, 0.2) is 0 Å². The van der Waals surface area contributed by atoms with Gasteiger partial charge in [-0.1, -0.05) is 17.7 Å². The standard InChI is InChI=1S/C15H15ClFN3/c1-20(9-10-2-7-13(16)14(17)8-10)12-5-3-11(4-6-12)15(18)19/h2-8H,9H2,1H3,(H3,18,19). The minimum atomic E-state index is -0.413. The highest BCUT2D eigenvalue weighted by atomic mass is 35.5. The van der Waals surface area contributed by atoms with Crippen molar-refractivity contribution in [2.45, 2.75) is 6.54 Å². The lowest BCUT2D eigenvalue weighted by Gasteiger charge is -2.20. The maximum Gasteiger partial charge on any atom is 0.142 e. The normalized spacial score (nSPS) is 10.3. The third-order valence-electron chi connectivity index (χ3n) is 3.02. The molecular formula is C15H15ClFN3. The summed E-state index contributed by atoms with van der Waals surface area (Å²) in [6.45, 7) is 0.563. The van der Waals surface area contributed by atoms with E-state index in [1.807, 2.05) is 24.1 Å². The molecule has 0 heterocycles. The SMILES string of the molecule is CN(Cc1ccc(Cl)c(F)c1)c1ccc(C(=N)N)cc1. The first-order valence-corrected chi connectivity index (χ1v) is 6.44. The molecule has 0 spiro atoms. The van der Waals surface area contributed by atoms with Crippen LogP contribution in [0.2, 0.25) is 5.02 Å². The molecule has 0 aromatic heterocycles. The second-order valence-electron chi connectivity index (χ2n) is 4.57. The minimum absolute atomic E-state index is 0.0407. The molecule has 20 heavy (non-hydrogen) atoms. The fourth-order valence-corrected chi connectivity index (χ4v) is 2.02. The van der Waals surface area contributed by atoms with Crippen molar-refractivity contribution >= 4 is 23.1 Å². The van der Waals surface area contributed by atoms with Gasteiger partial charge in [0.25, 0.3) is 0 Å². The molecule has 0 aliphatic heterocycles. The molecule has 0 saturated heterocycles. The highest BCUT2D eigenvalue weighted by Gasteiger charge is 2.06. The number of hydrogen-bond donors (Lipinski definition) is 2. The van der Waals surface area contributed by atoms with Gasteiger partial charge in [0.1, 0.15) is 11.7 Å². The summed E-state index contributed by atoms with van der Waals surface area (Å²) < 4.78 is 13.4. The van der Waals surface area contributed by atoms with Crippen LogP contribution >= 0.6 is 11.6 Å². The van der Waals surface area contributed by atoms with Crippen molar-refractivity contribution in [1.82, 2.24) is 0 Å². The van der Waals surface area contributed by atoms with Crippen LogP contribution in [-0.2, 0) is 6.54 Å². The Morgan fingerprint density at radius 1 is 1.25 bits per heavy atom. The molecule has 0 amide bonds. The topological polar surface area (TPSA) is 53.1 Å². The van der Waals surface area contributed by atoms with Gasteiger partial charge in [0, 0.05) is 24.8 Å². The first-order chi connectivity index (χ1) is 9.47. The number of nitrogens with one attached hydrogen (secondary N) is 1. The van der Waals surface area contributed by atoms with Crippen molar-refractivity contribution in [3.8, 4) is 0 Å². The Hall–Kier alpha value is -2.07. The average Bonchev–Trinajstić information content (AvgIpc) is 2.43. The lowest BCUT2D eigenvalue weighted by molar-refractivity contribution is 0.625. The number of amidine groups is 1. The summed E-state index contributed by atoms with van der Waals surface area (Å²) >= 11 is 5.66. The van der Waals surface area contributed by atoms with Crippen LogP contribution < -0.4 is 10.6 Å². The van der Waals surface area contributed by atoms with E-state index in [9.17, 15) is 4.39 Å². The Morgan fingerprint density at radius 2 is 1.90 bits per heavy atom. The molecule has 0 saturated carbocycles.